The number of aromatic nitrogens is 2. The van der Waals surface area contributed by atoms with Gasteiger partial charge in [-0.25, -0.2) is 4.98 Å². The summed E-state index contributed by atoms with van der Waals surface area (Å²) < 4.78 is 30.5. The molecule has 22 heavy (non-hydrogen) atoms. The van der Waals surface area contributed by atoms with Crippen LogP contribution in [-0.2, 0) is 17.9 Å². The molecule has 1 aromatic carbocycles. The summed E-state index contributed by atoms with van der Waals surface area (Å²) in [6.07, 6.45) is 6.33. The zero-order chi connectivity index (χ0) is 15.8. The first-order chi connectivity index (χ1) is 10.6. The first-order valence-corrected chi connectivity index (χ1v) is 6.89. The van der Waals surface area contributed by atoms with Gasteiger partial charge in [0.2, 0.25) is 5.91 Å². The zero-order valence-corrected chi connectivity index (χ0v) is 11.9. The molecule has 2 rings (SSSR count). The summed E-state index contributed by atoms with van der Waals surface area (Å²) in [5.74, 6) is 0.00199. The van der Waals surface area contributed by atoms with Crippen LogP contribution >= 0.6 is 0 Å². The smallest absolute Gasteiger partial charge is 0.387 e. The van der Waals surface area contributed by atoms with Crippen molar-refractivity contribution in [2.45, 2.75) is 32.5 Å². The van der Waals surface area contributed by atoms with Crippen molar-refractivity contribution >= 4 is 5.91 Å². The summed E-state index contributed by atoms with van der Waals surface area (Å²) >= 11 is 0. The fourth-order valence-electron chi connectivity index (χ4n) is 1.96. The number of carbonyl (C=O) groups is 1. The minimum Gasteiger partial charge on any atom is -0.435 e. The lowest BCUT2D eigenvalue weighted by molar-refractivity contribution is -0.121. The lowest BCUT2D eigenvalue weighted by atomic mass is 10.2. The highest BCUT2D eigenvalue weighted by Crippen LogP contribution is 2.15. The third-order valence-corrected chi connectivity index (χ3v) is 2.99. The summed E-state index contributed by atoms with van der Waals surface area (Å²) in [4.78, 5) is 15.6. The van der Waals surface area contributed by atoms with Gasteiger partial charge in [0.25, 0.3) is 0 Å². The van der Waals surface area contributed by atoms with Gasteiger partial charge in [-0.2, -0.15) is 8.78 Å². The van der Waals surface area contributed by atoms with Crippen LogP contribution in [0.25, 0.3) is 0 Å². The Balaban J connectivity index is 1.71. The predicted molar refractivity (Wildman–Crippen MR) is 76.4 cm³/mol. The number of ether oxygens (including phenoxy) is 1. The first-order valence-electron chi connectivity index (χ1n) is 6.89. The third-order valence-electron chi connectivity index (χ3n) is 2.99. The number of hydrogen-bond acceptors (Lipinski definition) is 3. The number of imidazole rings is 1. The normalized spacial score (nSPS) is 10.7. The van der Waals surface area contributed by atoms with E-state index in [0.29, 0.717) is 18.4 Å². The Hall–Kier alpha value is -2.44. The summed E-state index contributed by atoms with van der Waals surface area (Å²) in [5, 5.41) is 2.75. The second kappa shape index (κ2) is 8.11. The van der Waals surface area contributed by atoms with Gasteiger partial charge in [0.15, 0.2) is 0 Å². The third kappa shape index (κ3) is 5.51. The van der Waals surface area contributed by atoms with E-state index in [4.69, 9.17) is 0 Å². The Morgan fingerprint density at radius 3 is 3.00 bits per heavy atom. The van der Waals surface area contributed by atoms with Crippen LogP contribution in [0.4, 0.5) is 8.78 Å². The molecule has 0 fully saturated rings. The Morgan fingerprint density at radius 2 is 2.27 bits per heavy atom. The van der Waals surface area contributed by atoms with E-state index in [9.17, 15) is 13.6 Å². The van der Waals surface area contributed by atoms with Gasteiger partial charge in [-0.3, -0.25) is 4.79 Å². The molecule has 118 valence electrons. The molecular weight excluding hydrogens is 292 g/mol. The molecule has 0 radical (unpaired) electrons. The van der Waals surface area contributed by atoms with E-state index >= 15 is 0 Å². The van der Waals surface area contributed by atoms with Crippen molar-refractivity contribution in [3.63, 3.8) is 0 Å². The van der Waals surface area contributed by atoms with E-state index in [-0.39, 0.29) is 18.2 Å². The first kappa shape index (κ1) is 15.9. The molecule has 5 nitrogen and oxygen atoms in total. The lowest BCUT2D eigenvalue weighted by Gasteiger charge is -2.08. The van der Waals surface area contributed by atoms with Crippen molar-refractivity contribution in [3.05, 3.63) is 48.5 Å². The van der Waals surface area contributed by atoms with Crippen LogP contribution in [0, 0.1) is 0 Å². The van der Waals surface area contributed by atoms with Gasteiger partial charge in [-0.1, -0.05) is 12.1 Å². The zero-order valence-electron chi connectivity index (χ0n) is 11.9. The van der Waals surface area contributed by atoms with Crippen molar-refractivity contribution in [1.29, 1.82) is 0 Å². The molecular formula is C15H17F2N3O2. The molecule has 0 aliphatic rings. The summed E-state index contributed by atoms with van der Waals surface area (Å²) in [6, 6.07) is 6.28. The number of rotatable bonds is 8. The summed E-state index contributed by atoms with van der Waals surface area (Å²) in [6.45, 7) is -1.84. The molecule has 0 bridgehead atoms. The molecule has 1 heterocycles. The van der Waals surface area contributed by atoms with E-state index in [1.165, 1.54) is 12.1 Å². The van der Waals surface area contributed by atoms with Crippen molar-refractivity contribution in [1.82, 2.24) is 14.9 Å². The minimum atomic E-state index is -2.85. The second-order valence-corrected chi connectivity index (χ2v) is 4.71. The number of hydrogen-bond donors (Lipinski definition) is 1. The Morgan fingerprint density at radius 1 is 1.41 bits per heavy atom. The van der Waals surface area contributed by atoms with Crippen LogP contribution in [0.2, 0.25) is 0 Å². The number of halogens is 2. The second-order valence-electron chi connectivity index (χ2n) is 4.71. The molecule has 0 spiro atoms. The number of alkyl halides is 2. The molecule has 1 amide bonds. The minimum absolute atomic E-state index is 0.0831. The van der Waals surface area contributed by atoms with E-state index in [1.54, 1.807) is 24.7 Å². The highest BCUT2D eigenvalue weighted by Gasteiger charge is 2.06. The average Bonchev–Trinajstić information content (AvgIpc) is 2.98. The van der Waals surface area contributed by atoms with Crippen molar-refractivity contribution in [2.24, 2.45) is 0 Å². The highest BCUT2D eigenvalue weighted by atomic mass is 19.3. The number of amides is 1. The molecule has 0 aliphatic carbocycles. The molecule has 7 heteroatoms. The van der Waals surface area contributed by atoms with Gasteiger partial charge in [0, 0.05) is 31.9 Å². The van der Waals surface area contributed by atoms with Crippen LogP contribution < -0.4 is 10.1 Å². The van der Waals surface area contributed by atoms with Crippen LogP contribution in [-0.4, -0.2) is 22.1 Å². The number of aryl methyl sites for hydroxylation is 1. The van der Waals surface area contributed by atoms with Gasteiger partial charge >= 0.3 is 6.61 Å². The summed E-state index contributed by atoms with van der Waals surface area (Å²) in [5.41, 5.74) is 0.709. The van der Waals surface area contributed by atoms with Crippen molar-refractivity contribution in [3.8, 4) is 5.75 Å². The fourth-order valence-corrected chi connectivity index (χ4v) is 1.96. The fraction of sp³-hybridized carbons (Fsp3) is 0.333. The number of nitrogens with zero attached hydrogens (tertiary/aromatic N) is 2. The predicted octanol–water partition coefficient (Wildman–Crippen LogP) is 2.58. The number of benzene rings is 1. The molecule has 0 saturated carbocycles. The quantitative estimate of drug-likeness (QED) is 0.815. The maximum atomic E-state index is 12.1. The van der Waals surface area contributed by atoms with E-state index in [1.807, 2.05) is 10.8 Å². The highest BCUT2D eigenvalue weighted by molar-refractivity contribution is 5.75. The molecule has 1 aromatic heterocycles. The molecule has 0 unspecified atom stereocenters. The molecule has 0 atom stereocenters. The summed E-state index contributed by atoms with van der Waals surface area (Å²) in [7, 11) is 0. The van der Waals surface area contributed by atoms with Gasteiger partial charge in [-0.05, 0) is 24.1 Å². The van der Waals surface area contributed by atoms with E-state index < -0.39 is 6.61 Å². The van der Waals surface area contributed by atoms with E-state index in [0.717, 1.165) is 6.54 Å². The number of nitrogens with one attached hydrogen (secondary N) is 1. The standard InChI is InChI=1S/C15H17F2N3O2/c16-15(17)22-13-4-1-3-12(9-13)10-19-14(21)5-2-7-20-8-6-18-11-20/h1,3-4,6,8-9,11,15H,2,5,7,10H2,(H,19,21). The Kier molecular flexibility index (Phi) is 5.88. The molecule has 1 N–H and O–H groups in total. The monoisotopic (exact) mass is 309 g/mol. The molecule has 0 saturated heterocycles. The number of carbonyl (C=O) groups excluding carboxylic acids is 1. The Labute approximate surface area is 126 Å². The van der Waals surface area contributed by atoms with Crippen molar-refractivity contribution in [2.75, 3.05) is 0 Å². The van der Waals surface area contributed by atoms with Crippen molar-refractivity contribution < 1.29 is 18.3 Å². The largest absolute Gasteiger partial charge is 0.435 e. The van der Waals surface area contributed by atoms with Gasteiger partial charge in [-0.15, -0.1) is 0 Å². The van der Waals surface area contributed by atoms with E-state index in [2.05, 4.69) is 15.0 Å². The van der Waals surface area contributed by atoms with Crippen LogP contribution in [0.3, 0.4) is 0 Å². The average molecular weight is 309 g/mol. The SMILES string of the molecule is O=C(CCCn1ccnc1)NCc1cccc(OC(F)F)c1. The lowest BCUT2D eigenvalue weighted by Crippen LogP contribution is -2.22. The topological polar surface area (TPSA) is 56.2 Å². The Bertz CT molecular complexity index is 588. The van der Waals surface area contributed by atoms with Gasteiger partial charge < -0.3 is 14.6 Å². The van der Waals surface area contributed by atoms with Crippen LogP contribution in [0.5, 0.6) is 5.75 Å². The van der Waals surface area contributed by atoms with Crippen LogP contribution in [0.15, 0.2) is 43.0 Å². The molecule has 2 aromatic rings. The van der Waals surface area contributed by atoms with Gasteiger partial charge in [0.1, 0.15) is 5.75 Å². The maximum Gasteiger partial charge on any atom is 0.387 e. The van der Waals surface area contributed by atoms with Gasteiger partial charge in [0.05, 0.1) is 6.33 Å². The van der Waals surface area contributed by atoms with Crippen LogP contribution in [0.1, 0.15) is 18.4 Å². The molecule has 0 aliphatic heterocycles. The maximum absolute atomic E-state index is 12.1.